The molecule has 0 radical (unpaired) electrons. The normalized spacial score (nSPS) is 13.3. The highest BCUT2D eigenvalue weighted by Crippen LogP contribution is 2.33. The number of alkyl halides is 4. The summed E-state index contributed by atoms with van der Waals surface area (Å²) in [7, 11) is 1.39. The van der Waals surface area contributed by atoms with Crippen LogP contribution in [0, 0.1) is 0 Å². The first kappa shape index (κ1) is 14.0. The maximum Gasteiger partial charge on any atom is 0.444 e. The van der Waals surface area contributed by atoms with Crippen LogP contribution in [0.15, 0.2) is 18.2 Å². The Kier molecular flexibility index (Phi) is 4.51. The van der Waals surface area contributed by atoms with Crippen molar-refractivity contribution in [3.05, 3.63) is 23.8 Å². The molecule has 0 saturated carbocycles. The second-order valence-electron chi connectivity index (χ2n) is 3.29. The van der Waals surface area contributed by atoms with E-state index in [1.807, 2.05) is 0 Å². The van der Waals surface area contributed by atoms with Gasteiger partial charge < -0.3 is 9.47 Å². The molecular formula is C11H12ClF3O2. The molecule has 0 N–H and O–H groups in total. The first-order valence-corrected chi connectivity index (χ1v) is 5.36. The van der Waals surface area contributed by atoms with Crippen LogP contribution in [-0.2, 0) is 6.42 Å². The fourth-order valence-electron chi connectivity index (χ4n) is 1.24. The van der Waals surface area contributed by atoms with Gasteiger partial charge in [0.25, 0.3) is 5.63 Å². The molecule has 0 saturated heterocycles. The molecule has 0 spiro atoms. The monoisotopic (exact) mass is 268 g/mol. The van der Waals surface area contributed by atoms with Crippen molar-refractivity contribution in [2.75, 3.05) is 7.11 Å². The van der Waals surface area contributed by atoms with Crippen molar-refractivity contribution >= 4 is 11.6 Å². The summed E-state index contributed by atoms with van der Waals surface area (Å²) in [5.74, 6) is 0.207. The lowest BCUT2D eigenvalue weighted by Crippen LogP contribution is -2.33. The van der Waals surface area contributed by atoms with Crippen molar-refractivity contribution in [3.8, 4) is 11.5 Å². The van der Waals surface area contributed by atoms with Gasteiger partial charge in [0, 0.05) is 6.07 Å². The summed E-state index contributed by atoms with van der Waals surface area (Å²) in [4.78, 5) is 0. The van der Waals surface area contributed by atoms with Gasteiger partial charge in [-0.05, 0) is 18.1 Å². The zero-order valence-electron chi connectivity index (χ0n) is 9.34. The van der Waals surface area contributed by atoms with Crippen molar-refractivity contribution in [1.82, 2.24) is 0 Å². The molecule has 0 aliphatic rings. The molecule has 6 heteroatoms. The van der Waals surface area contributed by atoms with Gasteiger partial charge in [0.1, 0.15) is 11.5 Å². The third-order valence-corrected chi connectivity index (χ3v) is 2.41. The fraction of sp³-hybridized carbons (Fsp3) is 0.455. The van der Waals surface area contributed by atoms with Crippen LogP contribution in [0.1, 0.15) is 12.5 Å². The van der Waals surface area contributed by atoms with Crippen LogP contribution in [0.3, 0.4) is 0 Å². The van der Waals surface area contributed by atoms with Gasteiger partial charge in [-0.15, -0.1) is 0 Å². The largest absolute Gasteiger partial charge is 0.497 e. The number of hydrogen-bond acceptors (Lipinski definition) is 2. The van der Waals surface area contributed by atoms with Crippen LogP contribution < -0.4 is 9.47 Å². The van der Waals surface area contributed by atoms with E-state index in [9.17, 15) is 13.2 Å². The highest BCUT2D eigenvalue weighted by Gasteiger charge is 2.42. The quantitative estimate of drug-likeness (QED) is 0.757. The Morgan fingerprint density at radius 1 is 1.41 bits per heavy atom. The van der Waals surface area contributed by atoms with Crippen LogP contribution in [0.2, 0.25) is 0 Å². The highest BCUT2D eigenvalue weighted by atomic mass is 35.5. The number of rotatable bonds is 5. The van der Waals surface area contributed by atoms with Crippen LogP contribution in [0.25, 0.3) is 0 Å². The Morgan fingerprint density at radius 3 is 2.53 bits per heavy atom. The molecule has 1 aromatic rings. The third-order valence-electron chi connectivity index (χ3n) is 2.16. The Hall–Kier alpha value is -1.10. The lowest BCUT2D eigenvalue weighted by atomic mass is 10.1. The summed E-state index contributed by atoms with van der Waals surface area (Å²) in [6.07, 6.45) is -3.60. The summed E-state index contributed by atoms with van der Waals surface area (Å²) in [6, 6.07) is 4.45. The summed E-state index contributed by atoms with van der Waals surface area (Å²) in [5.41, 5.74) is -2.39. The first-order valence-electron chi connectivity index (χ1n) is 4.92. The molecule has 0 amide bonds. The van der Waals surface area contributed by atoms with E-state index in [2.05, 4.69) is 4.74 Å². The van der Waals surface area contributed by atoms with E-state index in [-0.39, 0.29) is 5.75 Å². The van der Waals surface area contributed by atoms with Crippen molar-refractivity contribution in [2.24, 2.45) is 0 Å². The van der Waals surface area contributed by atoms with Gasteiger partial charge in [0.15, 0.2) is 0 Å². The van der Waals surface area contributed by atoms with Crippen LogP contribution >= 0.6 is 11.6 Å². The zero-order chi connectivity index (χ0) is 13.1. The van der Waals surface area contributed by atoms with Gasteiger partial charge in [-0.25, -0.2) is 4.39 Å². The molecule has 1 rings (SSSR count). The van der Waals surface area contributed by atoms with Crippen LogP contribution in [0.5, 0.6) is 11.5 Å². The molecule has 96 valence electrons. The lowest BCUT2D eigenvalue weighted by Gasteiger charge is -2.20. The maximum absolute atomic E-state index is 13.0. The van der Waals surface area contributed by atoms with Gasteiger partial charge in [-0.1, -0.05) is 24.6 Å². The minimum atomic E-state index is -4.07. The number of hydrogen-bond donors (Lipinski definition) is 0. The molecule has 17 heavy (non-hydrogen) atoms. The molecule has 0 bridgehead atoms. The fourth-order valence-corrected chi connectivity index (χ4v) is 1.28. The summed E-state index contributed by atoms with van der Waals surface area (Å²) in [5, 5.41) is 0. The van der Waals surface area contributed by atoms with E-state index in [0.29, 0.717) is 17.7 Å². The van der Waals surface area contributed by atoms with Gasteiger partial charge >= 0.3 is 6.11 Å². The summed E-state index contributed by atoms with van der Waals surface area (Å²) in [6.45, 7) is 1.76. The lowest BCUT2D eigenvalue weighted by molar-refractivity contribution is -0.199. The predicted molar refractivity (Wildman–Crippen MR) is 58.7 cm³/mol. The summed E-state index contributed by atoms with van der Waals surface area (Å²) < 4.78 is 47.7. The van der Waals surface area contributed by atoms with Crippen LogP contribution in [-0.4, -0.2) is 18.8 Å². The number of ether oxygens (including phenoxy) is 2. The van der Waals surface area contributed by atoms with Gasteiger partial charge in [-0.3, -0.25) is 0 Å². The molecule has 0 aromatic heterocycles. The Balaban J connectivity index is 3.03. The number of benzene rings is 1. The minimum absolute atomic E-state index is 0.139. The van der Waals surface area contributed by atoms with Crippen LogP contribution in [0.4, 0.5) is 13.2 Å². The Bertz CT molecular complexity index is 383. The molecule has 1 aromatic carbocycles. The van der Waals surface area contributed by atoms with Gasteiger partial charge in [0.05, 0.1) is 7.11 Å². The summed E-state index contributed by atoms with van der Waals surface area (Å²) >= 11 is 4.72. The number of aryl methyl sites for hydroxylation is 1. The smallest absolute Gasteiger partial charge is 0.444 e. The average Bonchev–Trinajstić information content (AvgIpc) is 2.28. The van der Waals surface area contributed by atoms with E-state index in [1.54, 1.807) is 19.1 Å². The van der Waals surface area contributed by atoms with Crippen molar-refractivity contribution in [2.45, 2.75) is 25.1 Å². The second-order valence-corrected chi connectivity index (χ2v) is 3.67. The van der Waals surface area contributed by atoms with E-state index in [0.717, 1.165) is 0 Å². The molecular weight excluding hydrogens is 257 g/mol. The average molecular weight is 269 g/mol. The van der Waals surface area contributed by atoms with Crippen molar-refractivity contribution < 1.29 is 22.6 Å². The molecule has 1 unspecified atom stereocenters. The second kappa shape index (κ2) is 5.49. The maximum atomic E-state index is 13.0. The first-order chi connectivity index (χ1) is 7.90. The number of halogens is 4. The molecule has 0 aliphatic carbocycles. The van der Waals surface area contributed by atoms with Crippen molar-refractivity contribution in [3.63, 3.8) is 0 Å². The molecule has 2 nitrogen and oxygen atoms in total. The Labute approximate surface area is 102 Å². The SMILES string of the molecule is CCc1ccc(OC)cc1OC(F)(F)C(F)Cl. The van der Waals surface area contributed by atoms with E-state index in [1.165, 1.54) is 13.2 Å². The topological polar surface area (TPSA) is 18.5 Å². The third kappa shape index (κ3) is 3.43. The predicted octanol–water partition coefficient (Wildman–Crippen LogP) is 3.76. The van der Waals surface area contributed by atoms with E-state index < -0.39 is 11.7 Å². The zero-order valence-corrected chi connectivity index (χ0v) is 10.1. The van der Waals surface area contributed by atoms with E-state index in [4.69, 9.17) is 16.3 Å². The van der Waals surface area contributed by atoms with Gasteiger partial charge in [0.2, 0.25) is 0 Å². The molecule has 0 heterocycles. The highest BCUT2D eigenvalue weighted by molar-refractivity contribution is 6.20. The number of methoxy groups -OCH3 is 1. The van der Waals surface area contributed by atoms with E-state index >= 15 is 0 Å². The molecule has 0 aliphatic heterocycles. The Morgan fingerprint density at radius 2 is 2.06 bits per heavy atom. The van der Waals surface area contributed by atoms with Crippen molar-refractivity contribution in [1.29, 1.82) is 0 Å². The molecule has 0 fully saturated rings. The van der Waals surface area contributed by atoms with Gasteiger partial charge in [-0.2, -0.15) is 8.78 Å². The standard InChI is InChI=1S/C11H12ClF3O2/c1-3-7-4-5-8(16-2)6-9(7)17-11(14,15)10(12)13/h4-6,10H,3H2,1-2H3. The minimum Gasteiger partial charge on any atom is -0.497 e. The molecule has 1 atom stereocenters.